The van der Waals surface area contributed by atoms with Crippen LogP contribution in [0.15, 0.2) is 48.5 Å². The Labute approximate surface area is 145 Å². The van der Waals surface area contributed by atoms with Crippen LogP contribution in [0.4, 0.5) is 11.4 Å². The first-order valence-electron chi connectivity index (χ1n) is 7.05. The number of halogens is 2. The minimum absolute atomic E-state index is 0.112. The molecular weight excluding hydrogens is 335 g/mol. The van der Waals surface area contributed by atoms with Crippen LogP contribution in [-0.4, -0.2) is 18.4 Å². The van der Waals surface area contributed by atoms with Gasteiger partial charge in [0.05, 0.1) is 10.0 Å². The molecule has 2 amide bonds. The number of amides is 2. The second-order valence-electron chi connectivity index (χ2n) is 4.93. The van der Waals surface area contributed by atoms with Gasteiger partial charge in [-0.15, -0.1) is 0 Å². The summed E-state index contributed by atoms with van der Waals surface area (Å²) in [6.07, 6.45) is 0.175. The number of anilines is 2. The van der Waals surface area contributed by atoms with E-state index < -0.39 is 0 Å². The lowest BCUT2D eigenvalue weighted by Crippen LogP contribution is -2.31. The van der Waals surface area contributed by atoms with Crippen molar-refractivity contribution in [2.24, 2.45) is 0 Å². The number of hydrogen-bond donors (Lipinski definition) is 1. The van der Waals surface area contributed by atoms with Gasteiger partial charge in [-0.3, -0.25) is 9.59 Å². The molecule has 0 fully saturated rings. The van der Waals surface area contributed by atoms with E-state index in [1.54, 1.807) is 23.1 Å². The molecule has 0 unspecified atom stereocenters. The van der Waals surface area contributed by atoms with Crippen molar-refractivity contribution in [1.29, 1.82) is 0 Å². The molecule has 4 nitrogen and oxygen atoms in total. The molecule has 0 saturated carbocycles. The maximum atomic E-state index is 12.0. The highest BCUT2D eigenvalue weighted by Crippen LogP contribution is 2.25. The average Bonchev–Trinajstić information content (AvgIpc) is 2.52. The minimum atomic E-state index is -0.203. The van der Waals surface area contributed by atoms with Gasteiger partial charge in [0.1, 0.15) is 0 Å². The van der Waals surface area contributed by atoms with Crippen LogP contribution in [0.1, 0.15) is 13.3 Å². The number of nitrogens with zero attached hydrogens (tertiary/aromatic N) is 1. The quantitative estimate of drug-likeness (QED) is 0.869. The Morgan fingerprint density at radius 1 is 1.04 bits per heavy atom. The zero-order chi connectivity index (χ0) is 16.8. The molecule has 0 saturated heterocycles. The van der Waals surface area contributed by atoms with Crippen LogP contribution in [0.25, 0.3) is 0 Å². The zero-order valence-electron chi connectivity index (χ0n) is 12.6. The molecule has 0 aliphatic rings. The van der Waals surface area contributed by atoms with E-state index in [9.17, 15) is 9.59 Å². The van der Waals surface area contributed by atoms with Crippen molar-refractivity contribution in [2.45, 2.75) is 13.3 Å². The van der Waals surface area contributed by atoms with Crippen LogP contribution in [0, 0.1) is 0 Å². The fourth-order valence-corrected chi connectivity index (χ4v) is 2.39. The Hall–Kier alpha value is -2.04. The summed E-state index contributed by atoms with van der Waals surface area (Å²) >= 11 is 11.7. The van der Waals surface area contributed by atoms with Crippen molar-refractivity contribution in [3.63, 3.8) is 0 Å². The number of para-hydroxylation sites is 1. The molecular formula is C17H16Cl2N2O2. The second-order valence-corrected chi connectivity index (χ2v) is 5.75. The van der Waals surface area contributed by atoms with E-state index >= 15 is 0 Å². The SMILES string of the molecule is CC(=O)N(CCC(=O)Nc1ccc(Cl)c(Cl)c1)c1ccccc1. The smallest absolute Gasteiger partial charge is 0.226 e. The van der Waals surface area contributed by atoms with Crippen molar-refractivity contribution in [2.75, 3.05) is 16.8 Å². The summed E-state index contributed by atoms with van der Waals surface area (Å²) in [7, 11) is 0. The van der Waals surface area contributed by atoms with Crippen LogP contribution in [0.5, 0.6) is 0 Å². The lowest BCUT2D eigenvalue weighted by atomic mass is 10.2. The highest BCUT2D eigenvalue weighted by Gasteiger charge is 2.13. The summed E-state index contributed by atoms with van der Waals surface area (Å²) in [6, 6.07) is 14.1. The molecule has 0 heterocycles. The Kier molecular flexibility index (Phi) is 6.02. The second kappa shape index (κ2) is 7.99. The third-order valence-electron chi connectivity index (χ3n) is 3.21. The average molecular weight is 351 g/mol. The maximum Gasteiger partial charge on any atom is 0.226 e. The predicted octanol–water partition coefficient (Wildman–Crippen LogP) is 4.38. The van der Waals surface area contributed by atoms with Gasteiger partial charge in [0.15, 0.2) is 0 Å². The maximum absolute atomic E-state index is 12.0. The summed E-state index contributed by atoms with van der Waals surface area (Å²) in [6.45, 7) is 1.77. The monoisotopic (exact) mass is 350 g/mol. The van der Waals surface area contributed by atoms with Crippen LogP contribution in [0.2, 0.25) is 10.0 Å². The van der Waals surface area contributed by atoms with E-state index in [4.69, 9.17) is 23.2 Å². The highest BCUT2D eigenvalue weighted by atomic mass is 35.5. The third-order valence-corrected chi connectivity index (χ3v) is 3.95. The highest BCUT2D eigenvalue weighted by molar-refractivity contribution is 6.42. The van der Waals surface area contributed by atoms with Gasteiger partial charge < -0.3 is 10.2 Å². The normalized spacial score (nSPS) is 10.2. The molecule has 0 aromatic heterocycles. The topological polar surface area (TPSA) is 49.4 Å². The van der Waals surface area contributed by atoms with Crippen molar-refractivity contribution < 1.29 is 9.59 Å². The molecule has 120 valence electrons. The summed E-state index contributed by atoms with van der Waals surface area (Å²) < 4.78 is 0. The summed E-state index contributed by atoms with van der Waals surface area (Å²) in [5, 5.41) is 3.54. The van der Waals surface area contributed by atoms with E-state index in [0.29, 0.717) is 22.3 Å². The fraction of sp³-hybridized carbons (Fsp3) is 0.176. The Morgan fingerprint density at radius 3 is 2.35 bits per heavy atom. The first kappa shape index (κ1) is 17.3. The van der Waals surface area contributed by atoms with Crippen molar-refractivity contribution in [1.82, 2.24) is 0 Å². The van der Waals surface area contributed by atoms with E-state index in [2.05, 4.69) is 5.32 Å². The van der Waals surface area contributed by atoms with E-state index in [1.165, 1.54) is 6.92 Å². The molecule has 0 spiro atoms. The van der Waals surface area contributed by atoms with E-state index in [1.807, 2.05) is 30.3 Å². The summed E-state index contributed by atoms with van der Waals surface area (Å²) in [5.41, 5.74) is 1.33. The van der Waals surface area contributed by atoms with Crippen LogP contribution in [-0.2, 0) is 9.59 Å². The minimum Gasteiger partial charge on any atom is -0.326 e. The van der Waals surface area contributed by atoms with E-state index in [-0.39, 0.29) is 18.2 Å². The van der Waals surface area contributed by atoms with Crippen LogP contribution in [0.3, 0.4) is 0 Å². The Balaban J connectivity index is 1.96. The molecule has 2 aromatic rings. The molecule has 0 bridgehead atoms. The van der Waals surface area contributed by atoms with Crippen molar-refractivity contribution >= 4 is 46.4 Å². The summed E-state index contributed by atoms with van der Waals surface area (Å²) in [5.74, 6) is -0.316. The van der Waals surface area contributed by atoms with Gasteiger partial charge in [0.2, 0.25) is 11.8 Å². The standard InChI is InChI=1S/C17H16Cl2N2O2/c1-12(22)21(14-5-3-2-4-6-14)10-9-17(23)20-13-7-8-15(18)16(19)11-13/h2-8,11H,9-10H2,1H3,(H,20,23). The van der Waals surface area contributed by atoms with Gasteiger partial charge in [-0.1, -0.05) is 41.4 Å². The zero-order valence-corrected chi connectivity index (χ0v) is 14.1. The Bertz CT molecular complexity index is 705. The van der Waals surface area contributed by atoms with Gasteiger partial charge in [0, 0.05) is 31.3 Å². The molecule has 0 aliphatic heterocycles. The first-order chi connectivity index (χ1) is 11.0. The molecule has 6 heteroatoms. The Morgan fingerprint density at radius 2 is 1.74 bits per heavy atom. The molecule has 0 atom stereocenters. The van der Waals surface area contributed by atoms with Crippen LogP contribution >= 0.6 is 23.2 Å². The molecule has 0 radical (unpaired) electrons. The molecule has 23 heavy (non-hydrogen) atoms. The number of carbonyl (C=O) groups is 2. The van der Waals surface area contributed by atoms with Gasteiger partial charge in [0.25, 0.3) is 0 Å². The van der Waals surface area contributed by atoms with Crippen molar-refractivity contribution in [3.8, 4) is 0 Å². The number of rotatable bonds is 5. The fourth-order valence-electron chi connectivity index (χ4n) is 2.09. The number of nitrogens with one attached hydrogen (secondary N) is 1. The third kappa shape index (κ3) is 4.98. The molecule has 0 aliphatic carbocycles. The van der Waals surface area contributed by atoms with Gasteiger partial charge >= 0.3 is 0 Å². The molecule has 2 rings (SSSR count). The van der Waals surface area contributed by atoms with Gasteiger partial charge in [-0.25, -0.2) is 0 Å². The largest absolute Gasteiger partial charge is 0.326 e. The first-order valence-corrected chi connectivity index (χ1v) is 7.81. The molecule has 2 aromatic carbocycles. The number of hydrogen-bond acceptors (Lipinski definition) is 2. The van der Waals surface area contributed by atoms with Crippen molar-refractivity contribution in [3.05, 3.63) is 58.6 Å². The number of benzene rings is 2. The van der Waals surface area contributed by atoms with E-state index in [0.717, 1.165) is 5.69 Å². The molecule has 1 N–H and O–H groups in total. The lowest BCUT2D eigenvalue weighted by Gasteiger charge is -2.20. The predicted molar refractivity (Wildman–Crippen MR) is 94.2 cm³/mol. The van der Waals surface area contributed by atoms with Crippen LogP contribution < -0.4 is 10.2 Å². The lowest BCUT2D eigenvalue weighted by molar-refractivity contribution is -0.117. The van der Waals surface area contributed by atoms with Gasteiger partial charge in [-0.05, 0) is 30.3 Å². The van der Waals surface area contributed by atoms with Gasteiger partial charge in [-0.2, -0.15) is 0 Å². The number of carbonyl (C=O) groups excluding carboxylic acids is 2. The summed E-state index contributed by atoms with van der Waals surface area (Å²) in [4.78, 5) is 25.4.